The fraction of sp³-hybridized carbons (Fsp3) is 0.0667. The summed E-state index contributed by atoms with van der Waals surface area (Å²) in [6.07, 6.45) is 0. The summed E-state index contributed by atoms with van der Waals surface area (Å²) in [4.78, 5) is 33.3. The molecule has 0 spiro atoms. The Hall–Kier alpha value is -4.82. The average Bonchev–Trinajstić information content (AvgIpc) is 3.18. The highest BCUT2D eigenvalue weighted by atomic mass is 16.2. The molecule has 5 nitrogen and oxygen atoms in total. The topological polar surface area (TPSA) is 73.5 Å². The number of carbonyl (C=O) groups is 2. The van der Waals surface area contributed by atoms with Gasteiger partial charge in [0.05, 0.1) is 11.4 Å². The summed E-state index contributed by atoms with van der Waals surface area (Å²) in [5.74, 6) is -0.822. The SMILES string of the molecule is Cc1ccc2c(c1)N(C(=O)c1ccccc1)C(C#N)(c1ccccc1)C2=NC(=O)c1ccccc1. The molecule has 4 aromatic carbocycles. The number of carbonyl (C=O) groups excluding carboxylic acids is 2. The zero-order chi connectivity index (χ0) is 24.4. The Labute approximate surface area is 203 Å². The van der Waals surface area contributed by atoms with Gasteiger partial charge in [0.1, 0.15) is 6.07 Å². The number of amides is 2. The number of aliphatic imine (C=N–C) groups is 1. The monoisotopic (exact) mass is 455 g/mol. The molecule has 1 aliphatic heterocycles. The number of nitrogens with zero attached hydrogens (tertiary/aromatic N) is 3. The standard InChI is InChI=1S/C30H21N3O2/c1-21-17-18-25-26(19-21)33(29(35)23-13-7-3-8-14-23)30(20-31,24-15-9-4-10-16-24)27(25)32-28(34)22-11-5-2-6-12-22/h2-19H,1H3. The van der Waals surface area contributed by atoms with Gasteiger partial charge >= 0.3 is 0 Å². The van der Waals surface area contributed by atoms with Crippen LogP contribution in [0.3, 0.4) is 0 Å². The molecule has 0 N–H and O–H groups in total. The molecule has 1 heterocycles. The molecule has 1 atom stereocenters. The molecule has 1 aliphatic rings. The zero-order valence-corrected chi connectivity index (χ0v) is 19.1. The van der Waals surface area contributed by atoms with Gasteiger partial charge in [-0.05, 0) is 48.4 Å². The lowest BCUT2D eigenvalue weighted by Crippen LogP contribution is -2.50. The van der Waals surface area contributed by atoms with Crippen LogP contribution in [0.4, 0.5) is 5.69 Å². The molecule has 0 saturated heterocycles. The maximum absolute atomic E-state index is 14.0. The van der Waals surface area contributed by atoms with Crippen LogP contribution in [0.25, 0.3) is 0 Å². The van der Waals surface area contributed by atoms with Crippen molar-refractivity contribution >= 4 is 23.2 Å². The van der Waals surface area contributed by atoms with Crippen molar-refractivity contribution in [2.75, 3.05) is 4.90 Å². The number of fused-ring (bicyclic) bond motifs is 1. The molecule has 168 valence electrons. The van der Waals surface area contributed by atoms with Gasteiger partial charge in [0, 0.05) is 16.7 Å². The number of nitriles is 1. The molecule has 0 radical (unpaired) electrons. The van der Waals surface area contributed by atoms with Crippen LogP contribution in [0.5, 0.6) is 0 Å². The van der Waals surface area contributed by atoms with Gasteiger partial charge in [0.25, 0.3) is 11.8 Å². The van der Waals surface area contributed by atoms with Gasteiger partial charge in [-0.2, -0.15) is 5.26 Å². The van der Waals surface area contributed by atoms with E-state index in [4.69, 9.17) is 0 Å². The summed E-state index contributed by atoms with van der Waals surface area (Å²) in [7, 11) is 0. The molecule has 0 aliphatic carbocycles. The van der Waals surface area contributed by atoms with E-state index in [1.54, 1.807) is 60.7 Å². The molecule has 5 rings (SSSR count). The highest BCUT2D eigenvalue weighted by molar-refractivity contribution is 6.29. The van der Waals surface area contributed by atoms with E-state index in [9.17, 15) is 14.9 Å². The van der Waals surface area contributed by atoms with Crippen molar-refractivity contribution < 1.29 is 9.59 Å². The molecule has 5 heteroatoms. The van der Waals surface area contributed by atoms with E-state index < -0.39 is 11.4 Å². The van der Waals surface area contributed by atoms with Crippen LogP contribution in [0.15, 0.2) is 114 Å². The Kier molecular flexibility index (Phi) is 5.56. The average molecular weight is 456 g/mol. The van der Waals surface area contributed by atoms with Crippen molar-refractivity contribution in [1.82, 2.24) is 0 Å². The van der Waals surface area contributed by atoms with Crippen LogP contribution in [-0.4, -0.2) is 17.5 Å². The predicted octanol–water partition coefficient (Wildman–Crippen LogP) is 5.70. The van der Waals surface area contributed by atoms with Crippen molar-refractivity contribution in [3.8, 4) is 6.07 Å². The maximum Gasteiger partial charge on any atom is 0.277 e. The fourth-order valence-electron chi connectivity index (χ4n) is 4.48. The van der Waals surface area contributed by atoms with Crippen LogP contribution >= 0.6 is 0 Å². The maximum atomic E-state index is 14.0. The number of aryl methyl sites for hydroxylation is 1. The Balaban J connectivity index is 1.82. The Morgan fingerprint density at radius 1 is 0.800 bits per heavy atom. The van der Waals surface area contributed by atoms with Crippen molar-refractivity contribution in [3.63, 3.8) is 0 Å². The third kappa shape index (κ3) is 3.62. The van der Waals surface area contributed by atoms with E-state index in [-0.39, 0.29) is 11.6 Å². The fourth-order valence-corrected chi connectivity index (χ4v) is 4.48. The Morgan fingerprint density at radius 2 is 1.37 bits per heavy atom. The number of anilines is 1. The molecule has 4 aromatic rings. The van der Waals surface area contributed by atoms with E-state index in [0.29, 0.717) is 27.9 Å². The van der Waals surface area contributed by atoms with E-state index in [1.165, 1.54) is 4.90 Å². The molecular weight excluding hydrogens is 434 g/mol. The van der Waals surface area contributed by atoms with Crippen molar-refractivity contribution in [3.05, 3.63) is 137 Å². The first kappa shape index (κ1) is 22.0. The van der Waals surface area contributed by atoms with E-state index in [1.807, 2.05) is 55.5 Å². The molecule has 0 saturated carbocycles. The Morgan fingerprint density at radius 3 is 1.97 bits per heavy atom. The van der Waals surface area contributed by atoms with Gasteiger partial charge in [0.15, 0.2) is 0 Å². The van der Waals surface area contributed by atoms with Crippen LogP contribution in [-0.2, 0) is 5.54 Å². The number of hydrogen-bond donors (Lipinski definition) is 0. The number of rotatable bonds is 3. The van der Waals surface area contributed by atoms with Crippen molar-refractivity contribution in [1.29, 1.82) is 5.26 Å². The summed E-state index contributed by atoms with van der Waals surface area (Å²) in [5, 5.41) is 10.8. The van der Waals surface area contributed by atoms with Crippen LogP contribution in [0, 0.1) is 18.3 Å². The molecule has 0 fully saturated rings. The smallest absolute Gasteiger partial charge is 0.277 e. The lowest BCUT2D eigenvalue weighted by molar-refractivity contribution is 0.0971. The molecule has 0 aromatic heterocycles. The lowest BCUT2D eigenvalue weighted by atomic mass is 9.84. The minimum Gasteiger partial charge on any atom is -0.279 e. The third-order valence-corrected chi connectivity index (χ3v) is 6.14. The van der Waals surface area contributed by atoms with Gasteiger partial charge in [-0.1, -0.05) is 78.9 Å². The lowest BCUT2D eigenvalue weighted by Gasteiger charge is -2.33. The first-order valence-corrected chi connectivity index (χ1v) is 11.2. The van der Waals surface area contributed by atoms with Gasteiger partial charge in [-0.15, -0.1) is 0 Å². The first-order valence-electron chi connectivity index (χ1n) is 11.2. The third-order valence-electron chi connectivity index (χ3n) is 6.14. The summed E-state index contributed by atoms with van der Waals surface area (Å²) >= 11 is 0. The van der Waals surface area contributed by atoms with Crippen molar-refractivity contribution in [2.24, 2.45) is 4.99 Å². The highest BCUT2D eigenvalue weighted by Gasteiger charge is 2.54. The summed E-state index contributed by atoms with van der Waals surface area (Å²) < 4.78 is 0. The molecule has 1 unspecified atom stereocenters. The largest absolute Gasteiger partial charge is 0.279 e. The molecular formula is C30H21N3O2. The van der Waals surface area contributed by atoms with Gasteiger partial charge in [0.2, 0.25) is 5.54 Å². The number of hydrogen-bond acceptors (Lipinski definition) is 3. The molecule has 35 heavy (non-hydrogen) atoms. The van der Waals surface area contributed by atoms with E-state index in [0.717, 1.165) is 5.56 Å². The Bertz CT molecular complexity index is 1490. The van der Waals surface area contributed by atoms with Gasteiger partial charge < -0.3 is 0 Å². The predicted molar refractivity (Wildman–Crippen MR) is 135 cm³/mol. The van der Waals surface area contributed by atoms with Crippen molar-refractivity contribution in [2.45, 2.75) is 12.5 Å². The summed E-state index contributed by atoms with van der Waals surface area (Å²) in [6.45, 7) is 1.92. The van der Waals surface area contributed by atoms with E-state index in [2.05, 4.69) is 11.1 Å². The van der Waals surface area contributed by atoms with Gasteiger partial charge in [-0.3, -0.25) is 14.5 Å². The van der Waals surface area contributed by atoms with Gasteiger partial charge in [-0.25, -0.2) is 4.99 Å². The van der Waals surface area contributed by atoms with Crippen LogP contribution in [0.2, 0.25) is 0 Å². The van der Waals surface area contributed by atoms with Crippen LogP contribution < -0.4 is 4.90 Å². The minimum absolute atomic E-state index is 0.235. The normalized spacial score (nSPS) is 17.6. The first-order chi connectivity index (χ1) is 17.1. The summed E-state index contributed by atoms with van der Waals surface area (Å²) in [6, 6.07) is 34.6. The number of benzene rings is 4. The zero-order valence-electron chi connectivity index (χ0n) is 19.1. The quantitative estimate of drug-likeness (QED) is 0.397. The van der Waals surface area contributed by atoms with E-state index >= 15 is 0 Å². The van der Waals surface area contributed by atoms with Crippen LogP contribution in [0.1, 0.15) is 37.4 Å². The summed E-state index contributed by atoms with van der Waals surface area (Å²) in [5.41, 5.74) is 2.05. The molecule has 2 amide bonds. The highest BCUT2D eigenvalue weighted by Crippen LogP contribution is 2.46. The minimum atomic E-state index is -1.63. The second-order valence-corrected chi connectivity index (χ2v) is 8.35. The second kappa shape index (κ2) is 8.85. The second-order valence-electron chi connectivity index (χ2n) is 8.35. The molecule has 0 bridgehead atoms.